The van der Waals surface area contributed by atoms with Crippen molar-refractivity contribution in [2.24, 2.45) is 0 Å². The number of nitrogens with zero attached hydrogens (tertiary/aromatic N) is 4. The van der Waals surface area contributed by atoms with Crippen LogP contribution < -0.4 is 16.0 Å². The van der Waals surface area contributed by atoms with Gasteiger partial charge in [-0.15, -0.1) is 0 Å². The minimum Gasteiger partial charge on any atom is -0.374 e. The van der Waals surface area contributed by atoms with Crippen LogP contribution in [0.1, 0.15) is 79.0 Å². The van der Waals surface area contributed by atoms with Crippen molar-refractivity contribution in [2.45, 2.75) is 78.6 Å². The Hall–Kier alpha value is -7.24. The first-order valence-electron chi connectivity index (χ1n) is 24.1. The normalized spacial score (nSPS) is 13.7. The van der Waals surface area contributed by atoms with Gasteiger partial charge in [-0.3, -0.25) is 0 Å². The van der Waals surface area contributed by atoms with Crippen molar-refractivity contribution in [3.63, 3.8) is 0 Å². The Labute approximate surface area is 393 Å². The number of anilines is 3. The van der Waals surface area contributed by atoms with E-state index in [2.05, 4.69) is 251 Å². The molecule has 8 aromatic carbocycles. The summed E-state index contributed by atoms with van der Waals surface area (Å²) in [7, 11) is 0. The second kappa shape index (κ2) is 13.7. The monoisotopic (exact) mass is 866 g/mol. The molecule has 326 valence electrons. The van der Waals surface area contributed by atoms with Crippen LogP contribution in [-0.2, 0) is 16.2 Å². The second-order valence-electron chi connectivity index (χ2n) is 22.2. The van der Waals surface area contributed by atoms with E-state index in [-0.39, 0.29) is 23.1 Å². The highest BCUT2D eigenvalue weighted by molar-refractivity contribution is 6.90. The van der Waals surface area contributed by atoms with Crippen molar-refractivity contribution in [3.05, 3.63) is 187 Å². The summed E-state index contributed by atoms with van der Waals surface area (Å²) >= 11 is 0. The van der Waals surface area contributed by atoms with Crippen LogP contribution in [0.2, 0.25) is 0 Å². The van der Waals surface area contributed by atoms with Crippen LogP contribution in [0.5, 0.6) is 0 Å². The number of fused-ring (bicyclic) bond motifs is 13. The van der Waals surface area contributed by atoms with Crippen LogP contribution in [0.3, 0.4) is 0 Å². The maximum absolute atomic E-state index is 2.75. The molecule has 3 aromatic heterocycles. The molecule has 0 atom stereocenters. The Morgan fingerprint density at radius 2 is 0.940 bits per heavy atom. The Kier molecular flexibility index (Phi) is 8.18. The summed E-state index contributed by atoms with van der Waals surface area (Å²) in [4.78, 5) is 2.65. The van der Waals surface area contributed by atoms with Gasteiger partial charge in [0.15, 0.2) is 0 Å². The third-order valence-electron chi connectivity index (χ3n) is 15.0. The Bertz CT molecular complexity index is 3840. The molecule has 0 spiro atoms. The number of benzene rings is 8. The number of aromatic nitrogens is 3. The molecular weight excluding hydrogens is 812 g/mol. The van der Waals surface area contributed by atoms with Gasteiger partial charge in [0.1, 0.15) is 0 Å². The van der Waals surface area contributed by atoms with Crippen LogP contribution in [0.15, 0.2) is 170 Å². The molecule has 0 saturated heterocycles. The van der Waals surface area contributed by atoms with Crippen LogP contribution in [-0.4, -0.2) is 20.5 Å². The highest BCUT2D eigenvalue weighted by atomic mass is 15.2. The highest BCUT2D eigenvalue weighted by Crippen LogP contribution is 2.52. The summed E-state index contributed by atoms with van der Waals surface area (Å²) in [5.74, 6) is 0. The zero-order valence-corrected chi connectivity index (χ0v) is 40.0. The summed E-state index contributed by atoms with van der Waals surface area (Å²) in [5, 5.41) is 6.44. The van der Waals surface area contributed by atoms with Gasteiger partial charge in [-0.2, -0.15) is 0 Å². The van der Waals surface area contributed by atoms with Crippen LogP contribution in [0.25, 0.3) is 77.0 Å². The lowest BCUT2D eigenvalue weighted by atomic mass is 9.46. The molecule has 5 heterocycles. The Balaban J connectivity index is 1.28. The molecule has 0 aliphatic carbocycles. The molecular formula is C62H55BN4. The fourth-order valence-electron chi connectivity index (χ4n) is 11.7. The summed E-state index contributed by atoms with van der Waals surface area (Å²) in [6.07, 6.45) is 0. The van der Waals surface area contributed by atoms with Crippen molar-refractivity contribution >= 4 is 89.5 Å². The molecule has 11 aromatic rings. The predicted molar refractivity (Wildman–Crippen MR) is 287 cm³/mol. The van der Waals surface area contributed by atoms with E-state index in [1.165, 1.54) is 116 Å². The smallest absolute Gasteiger partial charge is 0.351 e. The molecule has 5 heteroatoms. The molecule has 67 heavy (non-hydrogen) atoms. The summed E-state index contributed by atoms with van der Waals surface area (Å²) in [5.41, 5.74) is 21.2. The van der Waals surface area contributed by atoms with Gasteiger partial charge in [-0.25, -0.2) is 0 Å². The summed E-state index contributed by atoms with van der Waals surface area (Å²) in [6.45, 7) is 20.9. The molecule has 4 nitrogen and oxygen atoms in total. The van der Waals surface area contributed by atoms with Gasteiger partial charge in [0.2, 0.25) is 0 Å². The maximum atomic E-state index is 2.75. The third-order valence-corrected chi connectivity index (χ3v) is 15.0. The fraction of sp³-hybridized carbons (Fsp3) is 0.194. The number of para-hydroxylation sites is 4. The predicted octanol–water partition coefficient (Wildman–Crippen LogP) is 15.1. The van der Waals surface area contributed by atoms with Gasteiger partial charge in [0.05, 0.1) is 22.2 Å². The molecule has 2 aliphatic heterocycles. The first-order chi connectivity index (χ1) is 32.2. The molecule has 2 aliphatic rings. The summed E-state index contributed by atoms with van der Waals surface area (Å²) < 4.78 is 7.85. The minimum atomic E-state index is -0.153. The van der Waals surface area contributed by atoms with E-state index < -0.39 is 0 Å². The fourth-order valence-corrected chi connectivity index (χ4v) is 11.7. The molecule has 0 bridgehead atoms. The van der Waals surface area contributed by atoms with E-state index in [0.717, 1.165) is 5.69 Å². The SMILES string of the molecule is CC(C)(C)c1ccc(N2c3cc(C(C)(C)C)cc4c3B(c3c2c2cc(C(C)(C)C)ccc2n3-c2ccccc2)n2c3ccccc3c3c5c6ccccc6n(-c6ccccc6)c5cc-4c32)cc1. The average Bonchev–Trinajstić information content (AvgIpc) is 3.96. The van der Waals surface area contributed by atoms with E-state index in [4.69, 9.17) is 0 Å². The van der Waals surface area contributed by atoms with Crippen LogP contribution in [0, 0.1) is 0 Å². The molecule has 0 amide bonds. The standard InChI is InChI=1S/C62H55BN4/c1-60(2,3)38-28-31-43(32-29-38)65-53-36-40(62(7,8)9)35-46-47-37-52-54(44-24-16-18-26-49(44)64(52)41-20-12-10-13-21-41)55-45-25-17-19-27-51(45)67(57(47)55)63(56(46)53)59-58(65)48-34-39(61(4,5)6)30-33-50(48)66(59)42-22-14-11-15-23-42/h10-37H,1-9H3. The van der Waals surface area contributed by atoms with E-state index in [0.29, 0.717) is 0 Å². The topological polar surface area (TPSA) is 18.0 Å². The van der Waals surface area contributed by atoms with Crippen molar-refractivity contribution < 1.29 is 0 Å². The van der Waals surface area contributed by atoms with Crippen molar-refractivity contribution in [1.29, 1.82) is 0 Å². The number of hydrogen-bond acceptors (Lipinski definition) is 1. The van der Waals surface area contributed by atoms with E-state index >= 15 is 0 Å². The Morgan fingerprint density at radius 1 is 0.388 bits per heavy atom. The van der Waals surface area contributed by atoms with Gasteiger partial charge in [-0.05, 0) is 117 Å². The highest BCUT2D eigenvalue weighted by Gasteiger charge is 2.47. The van der Waals surface area contributed by atoms with Gasteiger partial charge >= 0.3 is 6.85 Å². The van der Waals surface area contributed by atoms with Gasteiger partial charge in [0, 0.05) is 71.9 Å². The van der Waals surface area contributed by atoms with E-state index in [1.807, 2.05) is 0 Å². The first-order valence-corrected chi connectivity index (χ1v) is 24.1. The largest absolute Gasteiger partial charge is 0.374 e. The van der Waals surface area contributed by atoms with Crippen molar-refractivity contribution in [1.82, 2.24) is 13.6 Å². The first kappa shape index (κ1) is 40.1. The average molecular weight is 867 g/mol. The molecule has 0 N–H and O–H groups in total. The van der Waals surface area contributed by atoms with Gasteiger partial charge in [-0.1, -0.05) is 159 Å². The van der Waals surface area contributed by atoms with Gasteiger partial charge in [0.25, 0.3) is 0 Å². The van der Waals surface area contributed by atoms with Crippen LogP contribution in [0.4, 0.5) is 17.1 Å². The van der Waals surface area contributed by atoms with Crippen molar-refractivity contribution in [2.75, 3.05) is 4.90 Å². The van der Waals surface area contributed by atoms with Gasteiger partial charge < -0.3 is 18.5 Å². The lowest BCUT2D eigenvalue weighted by Gasteiger charge is -2.41. The molecule has 0 saturated carbocycles. The summed E-state index contributed by atoms with van der Waals surface area (Å²) in [6, 6.07) is 64.7. The quantitative estimate of drug-likeness (QED) is 0.162. The lowest BCUT2D eigenvalue weighted by Crippen LogP contribution is -2.58. The maximum Gasteiger partial charge on any atom is 0.351 e. The number of rotatable bonds is 3. The Morgan fingerprint density at radius 3 is 1.58 bits per heavy atom. The minimum absolute atomic E-state index is 0.0189. The third kappa shape index (κ3) is 5.61. The lowest BCUT2D eigenvalue weighted by molar-refractivity contribution is 0.590. The molecule has 0 fully saturated rings. The van der Waals surface area contributed by atoms with Crippen molar-refractivity contribution in [3.8, 4) is 22.5 Å². The van der Waals surface area contributed by atoms with Crippen LogP contribution >= 0.6 is 0 Å². The number of hydrogen-bond donors (Lipinski definition) is 0. The molecule has 13 rings (SSSR count). The van der Waals surface area contributed by atoms with E-state index in [9.17, 15) is 0 Å². The zero-order valence-electron chi connectivity index (χ0n) is 40.0. The molecule has 0 unspecified atom stereocenters. The zero-order chi connectivity index (χ0) is 45.9. The van der Waals surface area contributed by atoms with E-state index in [1.54, 1.807) is 0 Å². The molecule has 0 radical (unpaired) electrons. The second-order valence-corrected chi connectivity index (χ2v) is 22.2.